The molecular formula is C22H23N7. The molecule has 4 aromatic rings. The molecule has 5 heterocycles. The third kappa shape index (κ3) is 4.00. The van der Waals surface area contributed by atoms with Gasteiger partial charge in [-0.2, -0.15) is 15.0 Å². The van der Waals surface area contributed by atoms with Crippen LogP contribution in [0.15, 0.2) is 61.3 Å². The molecule has 0 spiro atoms. The standard InChI is InChI=1S/C22H23N7/c1-2-21(18-5-11-28(12-6-18)13-14-29-25-9-10-26-29)27-22-19(1)15-20(16-24-22)17-3-7-23-8-4-17/h1-4,7-10,15-16,18H,5-6,11-14H2. The molecule has 0 amide bonds. The van der Waals surface area contributed by atoms with E-state index < -0.39 is 0 Å². The summed E-state index contributed by atoms with van der Waals surface area (Å²) in [7, 11) is 0. The summed E-state index contributed by atoms with van der Waals surface area (Å²) in [5.41, 5.74) is 4.20. The van der Waals surface area contributed by atoms with Gasteiger partial charge in [0.15, 0.2) is 5.65 Å². The van der Waals surface area contributed by atoms with Crippen LogP contribution in [0.4, 0.5) is 0 Å². The Morgan fingerprint density at radius 3 is 2.45 bits per heavy atom. The molecule has 29 heavy (non-hydrogen) atoms. The molecule has 0 atom stereocenters. The second-order valence-electron chi connectivity index (χ2n) is 7.48. The topological polar surface area (TPSA) is 72.6 Å². The highest BCUT2D eigenvalue weighted by Gasteiger charge is 2.22. The number of hydrogen-bond donors (Lipinski definition) is 0. The van der Waals surface area contributed by atoms with Crippen molar-refractivity contribution in [2.75, 3.05) is 19.6 Å². The van der Waals surface area contributed by atoms with Crippen LogP contribution in [0, 0.1) is 0 Å². The van der Waals surface area contributed by atoms with Crippen molar-refractivity contribution >= 4 is 11.0 Å². The fourth-order valence-corrected chi connectivity index (χ4v) is 4.00. The van der Waals surface area contributed by atoms with Crippen LogP contribution in [0.25, 0.3) is 22.2 Å². The summed E-state index contributed by atoms with van der Waals surface area (Å²) in [4.78, 5) is 17.8. The highest BCUT2D eigenvalue weighted by Crippen LogP contribution is 2.28. The molecule has 7 heteroatoms. The van der Waals surface area contributed by atoms with Gasteiger partial charge in [0.1, 0.15) is 0 Å². The van der Waals surface area contributed by atoms with Crippen molar-refractivity contribution in [1.82, 2.24) is 34.8 Å². The number of aromatic nitrogens is 6. The molecule has 0 saturated carbocycles. The Labute approximate surface area is 169 Å². The molecule has 0 radical (unpaired) electrons. The van der Waals surface area contributed by atoms with Crippen LogP contribution in [0.5, 0.6) is 0 Å². The summed E-state index contributed by atoms with van der Waals surface area (Å²) in [6.45, 7) is 4.00. The minimum absolute atomic E-state index is 0.500. The van der Waals surface area contributed by atoms with Gasteiger partial charge in [-0.05, 0) is 61.8 Å². The summed E-state index contributed by atoms with van der Waals surface area (Å²) in [5.74, 6) is 0.500. The average molecular weight is 385 g/mol. The van der Waals surface area contributed by atoms with Gasteiger partial charge in [-0.25, -0.2) is 9.97 Å². The normalized spacial score (nSPS) is 15.7. The molecule has 0 unspecified atom stereocenters. The second kappa shape index (κ2) is 8.05. The van der Waals surface area contributed by atoms with E-state index in [0.717, 1.165) is 66.9 Å². The quantitative estimate of drug-likeness (QED) is 0.525. The van der Waals surface area contributed by atoms with Crippen LogP contribution >= 0.6 is 0 Å². The van der Waals surface area contributed by atoms with Crippen molar-refractivity contribution in [3.8, 4) is 11.1 Å². The largest absolute Gasteiger partial charge is 0.301 e. The number of likely N-dealkylation sites (tertiary alicyclic amines) is 1. The van der Waals surface area contributed by atoms with E-state index in [1.54, 1.807) is 29.6 Å². The van der Waals surface area contributed by atoms with Crippen LogP contribution in [0.3, 0.4) is 0 Å². The van der Waals surface area contributed by atoms with Crippen LogP contribution in [-0.2, 0) is 6.54 Å². The smallest absolute Gasteiger partial charge is 0.159 e. The van der Waals surface area contributed by atoms with Gasteiger partial charge in [-0.15, -0.1) is 0 Å². The highest BCUT2D eigenvalue weighted by molar-refractivity contribution is 5.80. The van der Waals surface area contributed by atoms with Gasteiger partial charge >= 0.3 is 0 Å². The number of hydrogen-bond acceptors (Lipinski definition) is 6. The van der Waals surface area contributed by atoms with E-state index >= 15 is 0 Å². The lowest BCUT2D eigenvalue weighted by molar-refractivity contribution is 0.198. The number of fused-ring (bicyclic) bond motifs is 1. The van der Waals surface area contributed by atoms with Crippen LogP contribution in [-0.4, -0.2) is 54.5 Å². The minimum Gasteiger partial charge on any atom is -0.301 e. The Hall–Kier alpha value is -3.19. The molecule has 1 aliphatic heterocycles. The first-order valence-electron chi connectivity index (χ1n) is 10.1. The van der Waals surface area contributed by atoms with Gasteiger partial charge < -0.3 is 4.90 Å². The van der Waals surface area contributed by atoms with E-state index in [-0.39, 0.29) is 0 Å². The number of rotatable bonds is 5. The molecule has 146 valence electrons. The first-order chi connectivity index (χ1) is 14.3. The van der Waals surface area contributed by atoms with Crippen LogP contribution in [0.1, 0.15) is 24.5 Å². The SMILES string of the molecule is c1cc(-c2cnc3nc(C4CCN(CCn5nccn5)CC4)ccc3c2)ccn1. The zero-order valence-electron chi connectivity index (χ0n) is 16.2. The molecule has 0 bridgehead atoms. The van der Waals surface area contributed by atoms with E-state index in [2.05, 4.69) is 43.3 Å². The molecule has 5 rings (SSSR count). The van der Waals surface area contributed by atoms with Crippen molar-refractivity contribution in [3.05, 3.63) is 67.0 Å². The predicted molar refractivity (Wildman–Crippen MR) is 111 cm³/mol. The van der Waals surface area contributed by atoms with Crippen molar-refractivity contribution in [3.63, 3.8) is 0 Å². The van der Waals surface area contributed by atoms with Gasteiger partial charge in [0, 0.05) is 47.7 Å². The van der Waals surface area contributed by atoms with Gasteiger partial charge in [0.05, 0.1) is 18.9 Å². The monoisotopic (exact) mass is 385 g/mol. The predicted octanol–water partition coefficient (Wildman–Crippen LogP) is 3.16. The lowest BCUT2D eigenvalue weighted by Gasteiger charge is -2.31. The maximum Gasteiger partial charge on any atom is 0.159 e. The zero-order chi connectivity index (χ0) is 19.5. The number of pyridine rings is 3. The van der Waals surface area contributed by atoms with Crippen molar-refractivity contribution < 1.29 is 0 Å². The zero-order valence-corrected chi connectivity index (χ0v) is 16.2. The van der Waals surface area contributed by atoms with E-state index in [1.165, 1.54) is 0 Å². The third-order valence-electron chi connectivity index (χ3n) is 5.67. The first-order valence-corrected chi connectivity index (χ1v) is 10.1. The molecule has 0 aliphatic carbocycles. The molecule has 1 aliphatic rings. The van der Waals surface area contributed by atoms with Gasteiger partial charge in [-0.3, -0.25) is 4.98 Å². The molecule has 1 fully saturated rings. The van der Waals surface area contributed by atoms with Crippen molar-refractivity contribution in [2.24, 2.45) is 0 Å². The van der Waals surface area contributed by atoms with E-state index in [4.69, 9.17) is 4.98 Å². The molecule has 1 saturated heterocycles. The summed E-state index contributed by atoms with van der Waals surface area (Å²) in [6.07, 6.45) is 11.2. The van der Waals surface area contributed by atoms with Gasteiger partial charge in [0.2, 0.25) is 0 Å². The average Bonchev–Trinajstić information content (AvgIpc) is 3.32. The van der Waals surface area contributed by atoms with Crippen molar-refractivity contribution in [1.29, 1.82) is 0 Å². The fraction of sp³-hybridized carbons (Fsp3) is 0.318. The molecule has 7 nitrogen and oxygen atoms in total. The lowest BCUT2D eigenvalue weighted by atomic mass is 9.93. The first kappa shape index (κ1) is 17.9. The van der Waals surface area contributed by atoms with Gasteiger partial charge in [0.25, 0.3) is 0 Å². The molecular weight excluding hydrogens is 362 g/mol. The third-order valence-corrected chi connectivity index (χ3v) is 5.67. The van der Waals surface area contributed by atoms with E-state index in [0.29, 0.717) is 5.92 Å². The summed E-state index contributed by atoms with van der Waals surface area (Å²) < 4.78 is 0. The Bertz CT molecular complexity index is 1070. The maximum absolute atomic E-state index is 4.88. The van der Waals surface area contributed by atoms with Crippen molar-refractivity contribution in [2.45, 2.75) is 25.3 Å². The Morgan fingerprint density at radius 1 is 0.862 bits per heavy atom. The molecule has 4 aromatic heterocycles. The summed E-state index contributed by atoms with van der Waals surface area (Å²) >= 11 is 0. The fourth-order valence-electron chi connectivity index (χ4n) is 4.00. The summed E-state index contributed by atoms with van der Waals surface area (Å²) in [6, 6.07) is 10.5. The number of nitrogens with zero attached hydrogens (tertiary/aromatic N) is 7. The summed E-state index contributed by atoms with van der Waals surface area (Å²) in [5, 5.41) is 9.43. The maximum atomic E-state index is 4.88. The van der Waals surface area contributed by atoms with E-state index in [1.807, 2.05) is 18.3 Å². The minimum atomic E-state index is 0.500. The lowest BCUT2D eigenvalue weighted by Crippen LogP contribution is -2.35. The Balaban J connectivity index is 1.25. The molecule has 0 N–H and O–H groups in total. The van der Waals surface area contributed by atoms with Crippen LogP contribution < -0.4 is 0 Å². The molecule has 0 aromatic carbocycles. The second-order valence-corrected chi connectivity index (χ2v) is 7.48. The Morgan fingerprint density at radius 2 is 1.66 bits per heavy atom. The van der Waals surface area contributed by atoms with Crippen LogP contribution in [0.2, 0.25) is 0 Å². The number of piperidine rings is 1. The Kier molecular flexibility index (Phi) is 4.96. The highest BCUT2D eigenvalue weighted by atomic mass is 15.5. The van der Waals surface area contributed by atoms with E-state index in [9.17, 15) is 0 Å². The van der Waals surface area contributed by atoms with Gasteiger partial charge in [-0.1, -0.05) is 0 Å².